The van der Waals surface area contributed by atoms with Crippen molar-refractivity contribution < 1.29 is 13.5 Å². The molecule has 0 aliphatic heterocycles. The normalized spacial score (nSPS) is 18.2. The highest BCUT2D eigenvalue weighted by molar-refractivity contribution is 7.89. The standard InChI is InChI=1S/C16H17NO3S/c18-13-8-10-14(11-9-13)21(19,20)17-16-7-3-5-12-4-1-2-6-15(12)16/h1-2,4,6,8-11,16-18H,3,5,7H2. The van der Waals surface area contributed by atoms with Gasteiger partial charge in [-0.05, 0) is 54.7 Å². The number of benzene rings is 2. The van der Waals surface area contributed by atoms with Crippen molar-refractivity contribution in [3.63, 3.8) is 0 Å². The lowest BCUT2D eigenvalue weighted by atomic mass is 9.88. The van der Waals surface area contributed by atoms with Gasteiger partial charge < -0.3 is 5.11 Å². The number of phenols is 1. The molecule has 1 atom stereocenters. The molecule has 0 saturated heterocycles. The van der Waals surface area contributed by atoms with Gasteiger partial charge in [0, 0.05) is 6.04 Å². The SMILES string of the molecule is O=S(=O)(NC1CCCc2ccccc21)c1ccc(O)cc1. The van der Waals surface area contributed by atoms with Gasteiger partial charge in [-0.25, -0.2) is 13.1 Å². The number of rotatable bonds is 3. The van der Waals surface area contributed by atoms with E-state index in [1.807, 2.05) is 18.2 Å². The van der Waals surface area contributed by atoms with Crippen LogP contribution in [0.3, 0.4) is 0 Å². The van der Waals surface area contributed by atoms with Gasteiger partial charge in [0.15, 0.2) is 0 Å². The quantitative estimate of drug-likeness (QED) is 0.916. The molecule has 0 aromatic heterocycles. The molecule has 0 spiro atoms. The Labute approximate surface area is 124 Å². The van der Waals surface area contributed by atoms with Crippen molar-refractivity contribution in [1.29, 1.82) is 0 Å². The fourth-order valence-electron chi connectivity index (χ4n) is 2.76. The maximum Gasteiger partial charge on any atom is 0.241 e. The zero-order chi connectivity index (χ0) is 14.9. The van der Waals surface area contributed by atoms with Crippen LogP contribution in [0.2, 0.25) is 0 Å². The number of nitrogens with one attached hydrogen (secondary N) is 1. The van der Waals surface area contributed by atoms with Crippen LogP contribution >= 0.6 is 0 Å². The van der Waals surface area contributed by atoms with Gasteiger partial charge in [0.05, 0.1) is 4.90 Å². The summed E-state index contributed by atoms with van der Waals surface area (Å²) in [6, 6.07) is 13.3. The summed E-state index contributed by atoms with van der Waals surface area (Å²) in [6.45, 7) is 0. The number of aromatic hydroxyl groups is 1. The molecular weight excluding hydrogens is 286 g/mol. The molecule has 0 fully saturated rings. The van der Waals surface area contributed by atoms with Crippen LogP contribution in [0.5, 0.6) is 5.75 Å². The second kappa shape index (κ2) is 5.50. The highest BCUT2D eigenvalue weighted by atomic mass is 32.2. The van der Waals surface area contributed by atoms with Gasteiger partial charge in [-0.15, -0.1) is 0 Å². The molecule has 0 heterocycles. The summed E-state index contributed by atoms with van der Waals surface area (Å²) in [5.41, 5.74) is 2.27. The fourth-order valence-corrected chi connectivity index (χ4v) is 4.01. The number of sulfonamides is 1. The van der Waals surface area contributed by atoms with Crippen LogP contribution in [0, 0.1) is 0 Å². The molecule has 0 saturated carbocycles. The lowest BCUT2D eigenvalue weighted by Crippen LogP contribution is -2.31. The summed E-state index contributed by atoms with van der Waals surface area (Å²) in [4.78, 5) is 0.170. The molecule has 0 radical (unpaired) electrons. The van der Waals surface area contributed by atoms with Crippen LogP contribution in [0.4, 0.5) is 0 Å². The maximum absolute atomic E-state index is 12.4. The molecule has 5 heteroatoms. The molecule has 110 valence electrons. The maximum atomic E-state index is 12.4. The van der Waals surface area contributed by atoms with E-state index in [1.54, 1.807) is 0 Å². The molecule has 3 rings (SSSR count). The van der Waals surface area contributed by atoms with Gasteiger partial charge >= 0.3 is 0 Å². The topological polar surface area (TPSA) is 66.4 Å². The lowest BCUT2D eigenvalue weighted by molar-refractivity contribution is 0.474. The van der Waals surface area contributed by atoms with Gasteiger partial charge in [0.25, 0.3) is 0 Å². The van der Waals surface area contributed by atoms with Gasteiger partial charge in [-0.2, -0.15) is 0 Å². The summed E-state index contributed by atoms with van der Waals surface area (Å²) in [5, 5.41) is 9.26. The first-order valence-corrected chi connectivity index (χ1v) is 8.44. The molecule has 1 unspecified atom stereocenters. The van der Waals surface area contributed by atoms with Crippen LogP contribution in [0.15, 0.2) is 53.4 Å². The van der Waals surface area contributed by atoms with E-state index in [4.69, 9.17) is 0 Å². The number of hydrogen-bond acceptors (Lipinski definition) is 3. The largest absolute Gasteiger partial charge is 0.508 e. The minimum atomic E-state index is -3.58. The first kappa shape index (κ1) is 14.1. The highest BCUT2D eigenvalue weighted by Crippen LogP contribution is 2.30. The van der Waals surface area contributed by atoms with E-state index in [9.17, 15) is 13.5 Å². The molecule has 0 bridgehead atoms. The van der Waals surface area contributed by atoms with Crippen LogP contribution in [-0.2, 0) is 16.4 Å². The van der Waals surface area contributed by atoms with Gasteiger partial charge in [0.1, 0.15) is 5.75 Å². The van der Waals surface area contributed by atoms with Crippen LogP contribution in [0.25, 0.3) is 0 Å². The molecule has 0 amide bonds. The summed E-state index contributed by atoms with van der Waals surface area (Å²) in [6.07, 6.45) is 2.77. The van der Waals surface area contributed by atoms with Crippen molar-refractivity contribution in [2.45, 2.75) is 30.2 Å². The summed E-state index contributed by atoms with van der Waals surface area (Å²) in [7, 11) is -3.58. The van der Waals surface area contributed by atoms with Gasteiger partial charge in [-0.1, -0.05) is 24.3 Å². The van der Waals surface area contributed by atoms with Crippen LogP contribution < -0.4 is 4.72 Å². The number of phenolic OH excluding ortho intramolecular Hbond substituents is 1. The summed E-state index contributed by atoms with van der Waals surface area (Å²) in [5.74, 6) is 0.0527. The monoisotopic (exact) mass is 303 g/mol. The first-order valence-electron chi connectivity index (χ1n) is 6.95. The molecule has 2 aromatic carbocycles. The number of aryl methyl sites for hydroxylation is 1. The second-order valence-corrected chi connectivity index (χ2v) is 6.97. The number of fused-ring (bicyclic) bond motifs is 1. The Morgan fingerprint density at radius 1 is 1.05 bits per heavy atom. The van der Waals surface area contributed by atoms with Gasteiger partial charge in [-0.3, -0.25) is 0 Å². The predicted molar refractivity (Wildman–Crippen MR) is 80.5 cm³/mol. The lowest BCUT2D eigenvalue weighted by Gasteiger charge is -2.26. The van der Waals surface area contributed by atoms with Crippen molar-refractivity contribution in [3.8, 4) is 5.75 Å². The third-order valence-corrected chi connectivity index (χ3v) is 5.30. The minimum absolute atomic E-state index is 0.0527. The number of hydrogen-bond donors (Lipinski definition) is 2. The van der Waals surface area contributed by atoms with E-state index in [0.29, 0.717) is 0 Å². The molecule has 21 heavy (non-hydrogen) atoms. The Bertz CT molecular complexity index is 738. The van der Waals surface area contributed by atoms with Crippen molar-refractivity contribution in [1.82, 2.24) is 4.72 Å². The van der Waals surface area contributed by atoms with Crippen molar-refractivity contribution in [2.75, 3.05) is 0 Å². The minimum Gasteiger partial charge on any atom is -0.508 e. The molecule has 2 aromatic rings. The smallest absolute Gasteiger partial charge is 0.241 e. The molecule has 4 nitrogen and oxygen atoms in total. The highest BCUT2D eigenvalue weighted by Gasteiger charge is 2.25. The van der Waals surface area contributed by atoms with Crippen molar-refractivity contribution in [3.05, 3.63) is 59.7 Å². The fraction of sp³-hybridized carbons (Fsp3) is 0.250. The average molecular weight is 303 g/mol. The molecule has 1 aliphatic rings. The summed E-state index contributed by atoms with van der Waals surface area (Å²) >= 11 is 0. The molecular formula is C16H17NO3S. The predicted octanol–water partition coefficient (Wildman–Crippen LogP) is 2.75. The van der Waals surface area contributed by atoms with E-state index in [1.165, 1.54) is 29.8 Å². The zero-order valence-electron chi connectivity index (χ0n) is 11.5. The Balaban J connectivity index is 1.88. The van der Waals surface area contributed by atoms with E-state index in [2.05, 4.69) is 10.8 Å². The van der Waals surface area contributed by atoms with E-state index < -0.39 is 10.0 Å². The van der Waals surface area contributed by atoms with E-state index >= 15 is 0 Å². The van der Waals surface area contributed by atoms with Gasteiger partial charge in [0.2, 0.25) is 10.0 Å². The van der Waals surface area contributed by atoms with Crippen LogP contribution in [-0.4, -0.2) is 13.5 Å². The Kier molecular flexibility index (Phi) is 3.69. The zero-order valence-corrected chi connectivity index (χ0v) is 12.3. The van der Waals surface area contributed by atoms with Crippen LogP contribution in [0.1, 0.15) is 30.0 Å². The van der Waals surface area contributed by atoms with E-state index in [-0.39, 0.29) is 16.7 Å². The Hall–Kier alpha value is -1.85. The second-order valence-electron chi connectivity index (χ2n) is 5.26. The average Bonchev–Trinajstić information content (AvgIpc) is 2.48. The molecule has 1 aliphatic carbocycles. The third kappa shape index (κ3) is 2.94. The Morgan fingerprint density at radius 3 is 2.52 bits per heavy atom. The first-order chi connectivity index (χ1) is 10.1. The summed E-state index contributed by atoms with van der Waals surface area (Å²) < 4.78 is 27.6. The third-order valence-electron chi connectivity index (χ3n) is 3.81. The Morgan fingerprint density at radius 2 is 1.76 bits per heavy atom. The van der Waals surface area contributed by atoms with Crippen molar-refractivity contribution >= 4 is 10.0 Å². The molecule has 2 N–H and O–H groups in total. The van der Waals surface area contributed by atoms with Crippen molar-refractivity contribution in [2.24, 2.45) is 0 Å². The van der Waals surface area contributed by atoms with E-state index in [0.717, 1.165) is 24.8 Å².